The molecule has 1 aromatic heterocycles. The van der Waals surface area contributed by atoms with Crippen molar-refractivity contribution in [1.82, 2.24) is 4.57 Å². The van der Waals surface area contributed by atoms with E-state index >= 15 is 0 Å². The molecule has 1 saturated carbocycles. The number of allylic oxidation sites excluding steroid dienone is 1. The fourth-order valence-electron chi connectivity index (χ4n) is 4.74. The molecule has 23 heavy (non-hydrogen) atoms. The number of hydrogen-bond donors (Lipinski definition) is 0. The second-order valence-electron chi connectivity index (χ2n) is 6.61. The van der Waals surface area contributed by atoms with Crippen molar-refractivity contribution in [2.45, 2.75) is 44.6 Å². The molecule has 0 saturated heterocycles. The van der Waals surface area contributed by atoms with Gasteiger partial charge in [0.2, 0.25) is 17.3 Å². The van der Waals surface area contributed by atoms with Crippen LogP contribution in [0.2, 0.25) is 0 Å². The third-order valence-corrected chi connectivity index (χ3v) is 5.65. The fourth-order valence-corrected chi connectivity index (χ4v) is 4.74. The molecule has 1 fully saturated rings. The first-order valence-corrected chi connectivity index (χ1v) is 8.27. The molecular weight excluding hydrogens is 298 g/mol. The minimum absolute atomic E-state index is 0.0153. The van der Waals surface area contributed by atoms with E-state index in [0.29, 0.717) is 12.3 Å². The average molecular weight is 319 g/mol. The first-order valence-electron chi connectivity index (χ1n) is 8.27. The van der Waals surface area contributed by atoms with Crippen molar-refractivity contribution < 1.29 is 18.7 Å². The van der Waals surface area contributed by atoms with E-state index < -0.39 is 0 Å². The average Bonchev–Trinajstić information content (AvgIpc) is 3.16. The van der Waals surface area contributed by atoms with Crippen molar-refractivity contribution in [3.63, 3.8) is 0 Å². The fraction of sp³-hybridized carbons (Fsp3) is 0.647. The summed E-state index contributed by atoms with van der Waals surface area (Å²) in [5.74, 6) is 0.847. The lowest BCUT2D eigenvalue weighted by atomic mass is 9.74. The number of carbonyl (C=O) groups is 1. The van der Waals surface area contributed by atoms with E-state index in [-0.39, 0.29) is 40.8 Å². The predicted molar refractivity (Wildman–Crippen MR) is 81.7 cm³/mol. The van der Waals surface area contributed by atoms with Crippen LogP contribution in [0.3, 0.4) is 0 Å². The number of carbonyl (C=O) groups excluding carboxylic acids is 1. The molecule has 0 unspecified atom stereocenters. The van der Waals surface area contributed by atoms with Gasteiger partial charge in [-0.15, -0.1) is 0 Å². The number of Topliss-reactive ketones (excluding diaryl/α,β-unsaturated/α-hetero) is 1. The van der Waals surface area contributed by atoms with Gasteiger partial charge in [0.15, 0.2) is 5.76 Å². The summed E-state index contributed by atoms with van der Waals surface area (Å²) in [5.41, 5.74) is 0.900. The van der Waals surface area contributed by atoms with Crippen molar-refractivity contribution in [1.29, 1.82) is 0 Å². The van der Waals surface area contributed by atoms with E-state index in [1.165, 1.54) is 14.2 Å². The Bertz CT molecular complexity index is 741. The van der Waals surface area contributed by atoms with Crippen LogP contribution in [0.1, 0.15) is 49.5 Å². The molecule has 0 spiro atoms. The van der Waals surface area contributed by atoms with Gasteiger partial charge in [0.1, 0.15) is 0 Å². The summed E-state index contributed by atoms with van der Waals surface area (Å²) in [4.78, 5) is 25.2. The van der Waals surface area contributed by atoms with Crippen molar-refractivity contribution in [3.8, 4) is 0 Å². The van der Waals surface area contributed by atoms with Gasteiger partial charge in [-0.1, -0.05) is 6.42 Å². The van der Waals surface area contributed by atoms with Gasteiger partial charge in [-0.05, 0) is 31.6 Å². The van der Waals surface area contributed by atoms with Crippen LogP contribution < -0.4 is 5.76 Å². The molecule has 6 heteroatoms. The Morgan fingerprint density at radius 2 is 1.74 bits per heavy atom. The summed E-state index contributed by atoms with van der Waals surface area (Å²) < 4.78 is 18.0. The second-order valence-corrected chi connectivity index (χ2v) is 6.61. The van der Waals surface area contributed by atoms with Gasteiger partial charge in [0, 0.05) is 18.4 Å². The molecular formula is C17H21NO5. The van der Waals surface area contributed by atoms with Crippen LogP contribution >= 0.6 is 0 Å². The number of nitrogens with zero attached hydrogens (tertiary/aromatic N) is 1. The molecule has 4 rings (SSSR count). The zero-order valence-corrected chi connectivity index (χ0v) is 13.5. The van der Waals surface area contributed by atoms with Crippen LogP contribution in [0, 0.1) is 11.8 Å². The summed E-state index contributed by atoms with van der Waals surface area (Å²) in [5, 5.41) is 0. The lowest BCUT2D eigenvalue weighted by Crippen LogP contribution is -2.33. The molecule has 2 aliphatic carbocycles. The van der Waals surface area contributed by atoms with Crippen LogP contribution in [0.5, 0.6) is 0 Å². The number of fused-ring (bicyclic) bond motifs is 2. The van der Waals surface area contributed by atoms with E-state index in [1.54, 1.807) is 4.57 Å². The number of ketones is 1. The Morgan fingerprint density at radius 1 is 1.00 bits per heavy atom. The van der Waals surface area contributed by atoms with Crippen molar-refractivity contribution in [3.05, 3.63) is 27.8 Å². The molecule has 3 atom stereocenters. The number of hydrogen-bond acceptors (Lipinski definition) is 5. The highest BCUT2D eigenvalue weighted by molar-refractivity contribution is 6.01. The number of aromatic nitrogens is 1. The lowest BCUT2D eigenvalue weighted by molar-refractivity contribution is -0.123. The number of rotatable bonds is 2. The summed E-state index contributed by atoms with van der Waals surface area (Å²) in [6.07, 6.45) is 4.85. The van der Waals surface area contributed by atoms with E-state index in [1.807, 2.05) is 0 Å². The zero-order chi connectivity index (χ0) is 16.1. The Kier molecular flexibility index (Phi) is 3.36. The molecule has 0 radical (unpaired) electrons. The van der Waals surface area contributed by atoms with Gasteiger partial charge in [0.05, 0.1) is 19.9 Å². The Hall–Kier alpha value is -1.98. The van der Waals surface area contributed by atoms with Crippen LogP contribution in [-0.4, -0.2) is 24.6 Å². The standard InChI is InChI=1S/C17H21NO5/c1-21-15-13(19)11-6-3-5-9(11)10-7-4-8-18-12(10)14(16(15)22-2)23-17(18)20/h9-11H,3-8H2,1-2H3/b16-15-/t9-,10+,11-/m0/s1. The molecule has 0 N–H and O–H groups in total. The van der Waals surface area contributed by atoms with Crippen LogP contribution in [0.25, 0.3) is 5.76 Å². The van der Waals surface area contributed by atoms with Crippen molar-refractivity contribution in [2.24, 2.45) is 11.8 Å². The van der Waals surface area contributed by atoms with Crippen LogP contribution in [0.4, 0.5) is 0 Å². The highest BCUT2D eigenvalue weighted by Crippen LogP contribution is 2.50. The van der Waals surface area contributed by atoms with Gasteiger partial charge in [-0.3, -0.25) is 9.36 Å². The molecule has 124 valence electrons. The van der Waals surface area contributed by atoms with Crippen LogP contribution in [-0.2, 0) is 20.8 Å². The van der Waals surface area contributed by atoms with E-state index in [9.17, 15) is 9.59 Å². The second kappa shape index (κ2) is 5.28. The summed E-state index contributed by atoms with van der Waals surface area (Å²) >= 11 is 0. The van der Waals surface area contributed by atoms with Crippen LogP contribution in [0.15, 0.2) is 15.0 Å². The lowest BCUT2D eigenvalue weighted by Gasteiger charge is -2.33. The Morgan fingerprint density at radius 3 is 2.48 bits per heavy atom. The predicted octanol–water partition coefficient (Wildman–Crippen LogP) is 2.28. The van der Waals surface area contributed by atoms with Crippen molar-refractivity contribution >= 4 is 11.5 Å². The molecule has 0 amide bonds. The molecule has 6 nitrogen and oxygen atoms in total. The topological polar surface area (TPSA) is 70.7 Å². The number of oxazole rings is 1. The van der Waals surface area contributed by atoms with E-state index in [2.05, 4.69) is 0 Å². The third kappa shape index (κ3) is 1.93. The Labute approximate surface area is 134 Å². The maximum atomic E-state index is 13.0. The monoisotopic (exact) mass is 319 g/mol. The normalized spacial score (nSPS) is 32.8. The molecule has 0 aromatic carbocycles. The summed E-state index contributed by atoms with van der Waals surface area (Å²) in [6.45, 7) is 0.665. The minimum Gasteiger partial charge on any atom is -0.490 e. The van der Waals surface area contributed by atoms with Gasteiger partial charge < -0.3 is 13.9 Å². The molecule has 1 aliphatic heterocycles. The maximum Gasteiger partial charge on any atom is 0.419 e. The van der Waals surface area contributed by atoms with E-state index in [4.69, 9.17) is 13.9 Å². The SMILES string of the molecule is CO/C1=C(\OC)c2oc(=O)n3c2[C@H](CCC3)[C@@H]2CCC[C@@H]2C1=O. The third-order valence-electron chi connectivity index (χ3n) is 5.65. The zero-order valence-electron chi connectivity index (χ0n) is 13.5. The Balaban J connectivity index is 2.03. The number of ether oxygens (including phenoxy) is 2. The van der Waals surface area contributed by atoms with Crippen molar-refractivity contribution in [2.75, 3.05) is 14.2 Å². The first-order chi connectivity index (χ1) is 11.2. The van der Waals surface area contributed by atoms with Gasteiger partial charge >= 0.3 is 5.76 Å². The summed E-state index contributed by atoms with van der Waals surface area (Å²) in [6, 6.07) is 0. The molecule has 0 bridgehead atoms. The highest BCUT2D eigenvalue weighted by Gasteiger charge is 2.47. The molecule has 2 heterocycles. The smallest absolute Gasteiger partial charge is 0.419 e. The largest absolute Gasteiger partial charge is 0.490 e. The summed E-state index contributed by atoms with van der Waals surface area (Å²) in [7, 11) is 2.95. The number of methoxy groups -OCH3 is 2. The van der Waals surface area contributed by atoms with Gasteiger partial charge in [-0.25, -0.2) is 4.79 Å². The quantitative estimate of drug-likeness (QED) is 0.836. The van der Waals surface area contributed by atoms with E-state index in [0.717, 1.165) is 37.8 Å². The first kappa shape index (κ1) is 14.6. The molecule has 3 aliphatic rings. The molecule has 1 aromatic rings. The van der Waals surface area contributed by atoms with Gasteiger partial charge in [0.25, 0.3) is 0 Å². The van der Waals surface area contributed by atoms with Gasteiger partial charge in [-0.2, -0.15) is 0 Å². The highest BCUT2D eigenvalue weighted by atomic mass is 16.5. The minimum atomic E-state index is -0.367. The maximum absolute atomic E-state index is 13.0.